The van der Waals surface area contributed by atoms with Crippen molar-refractivity contribution in [2.75, 3.05) is 39.3 Å². The molecular weight excluding hydrogens is 320 g/mol. The SMILES string of the molecule is CC(C)NC(=O)CN1CCN(C(=O)CNC(=O)C2CCCCC2)CC1. The molecule has 1 saturated carbocycles. The molecule has 7 heteroatoms. The molecule has 1 aliphatic carbocycles. The van der Waals surface area contributed by atoms with Crippen LogP contribution in [-0.2, 0) is 14.4 Å². The molecule has 0 atom stereocenters. The quantitative estimate of drug-likeness (QED) is 0.723. The van der Waals surface area contributed by atoms with Gasteiger partial charge in [-0.3, -0.25) is 19.3 Å². The highest BCUT2D eigenvalue weighted by atomic mass is 16.2. The zero-order chi connectivity index (χ0) is 18.2. The summed E-state index contributed by atoms with van der Waals surface area (Å²) in [5, 5.41) is 5.69. The van der Waals surface area contributed by atoms with E-state index in [-0.39, 0.29) is 36.2 Å². The van der Waals surface area contributed by atoms with Gasteiger partial charge in [-0.15, -0.1) is 0 Å². The van der Waals surface area contributed by atoms with Crippen LogP contribution in [0, 0.1) is 5.92 Å². The molecule has 0 aromatic rings. The van der Waals surface area contributed by atoms with Crippen LogP contribution in [-0.4, -0.2) is 72.8 Å². The number of nitrogens with one attached hydrogen (secondary N) is 2. The van der Waals surface area contributed by atoms with Crippen LogP contribution in [0.2, 0.25) is 0 Å². The molecule has 0 aromatic carbocycles. The summed E-state index contributed by atoms with van der Waals surface area (Å²) in [5.41, 5.74) is 0. The van der Waals surface area contributed by atoms with Crippen LogP contribution in [0.5, 0.6) is 0 Å². The first-order chi connectivity index (χ1) is 12.0. The zero-order valence-electron chi connectivity index (χ0n) is 15.6. The first-order valence-electron chi connectivity index (χ1n) is 9.53. The van der Waals surface area contributed by atoms with E-state index in [9.17, 15) is 14.4 Å². The summed E-state index contributed by atoms with van der Waals surface area (Å²) in [7, 11) is 0. The van der Waals surface area contributed by atoms with Crippen LogP contribution in [0.15, 0.2) is 0 Å². The molecule has 1 aliphatic heterocycles. The number of rotatable bonds is 6. The first kappa shape index (κ1) is 19.7. The number of piperazine rings is 1. The summed E-state index contributed by atoms with van der Waals surface area (Å²) in [6.07, 6.45) is 5.31. The van der Waals surface area contributed by atoms with Crippen molar-refractivity contribution >= 4 is 17.7 Å². The van der Waals surface area contributed by atoms with Crippen LogP contribution in [0.3, 0.4) is 0 Å². The Kier molecular flexibility index (Phi) is 7.68. The lowest BCUT2D eigenvalue weighted by Crippen LogP contribution is -2.53. The summed E-state index contributed by atoms with van der Waals surface area (Å²) < 4.78 is 0. The number of amides is 3. The number of hydrogen-bond acceptors (Lipinski definition) is 4. The lowest BCUT2D eigenvalue weighted by Gasteiger charge is -2.34. The number of nitrogens with zero attached hydrogens (tertiary/aromatic N) is 2. The van der Waals surface area contributed by atoms with Gasteiger partial charge in [-0.05, 0) is 26.7 Å². The molecule has 0 unspecified atom stereocenters. The van der Waals surface area contributed by atoms with Gasteiger partial charge in [0, 0.05) is 38.1 Å². The fourth-order valence-corrected chi connectivity index (χ4v) is 3.51. The van der Waals surface area contributed by atoms with Gasteiger partial charge in [0.25, 0.3) is 0 Å². The molecule has 2 aliphatic rings. The zero-order valence-corrected chi connectivity index (χ0v) is 15.6. The van der Waals surface area contributed by atoms with E-state index >= 15 is 0 Å². The van der Waals surface area contributed by atoms with Crippen molar-refractivity contribution in [2.24, 2.45) is 5.92 Å². The van der Waals surface area contributed by atoms with E-state index < -0.39 is 0 Å². The average Bonchev–Trinajstić information content (AvgIpc) is 2.60. The van der Waals surface area contributed by atoms with Gasteiger partial charge in [0.15, 0.2) is 0 Å². The van der Waals surface area contributed by atoms with Crippen LogP contribution < -0.4 is 10.6 Å². The average molecular weight is 352 g/mol. The molecule has 1 saturated heterocycles. The minimum atomic E-state index is -0.0320. The van der Waals surface area contributed by atoms with Gasteiger partial charge in [-0.1, -0.05) is 19.3 Å². The fraction of sp³-hybridized carbons (Fsp3) is 0.833. The van der Waals surface area contributed by atoms with Gasteiger partial charge in [0.2, 0.25) is 17.7 Å². The van der Waals surface area contributed by atoms with Crippen molar-refractivity contribution in [2.45, 2.75) is 52.0 Å². The predicted octanol–water partition coefficient (Wildman–Crippen LogP) is 0.352. The van der Waals surface area contributed by atoms with Crippen molar-refractivity contribution in [1.29, 1.82) is 0 Å². The number of carbonyl (C=O) groups excluding carboxylic acids is 3. The highest BCUT2D eigenvalue weighted by Crippen LogP contribution is 2.23. The Morgan fingerprint density at radius 3 is 2.24 bits per heavy atom. The molecule has 7 nitrogen and oxygen atoms in total. The molecule has 0 radical (unpaired) electrons. The Labute approximate surface area is 150 Å². The Morgan fingerprint density at radius 1 is 1.00 bits per heavy atom. The molecule has 0 aromatic heterocycles. The Bertz CT molecular complexity index is 467. The summed E-state index contributed by atoms with van der Waals surface area (Å²) in [5.74, 6) is 0.0971. The van der Waals surface area contributed by atoms with E-state index in [1.165, 1.54) is 6.42 Å². The third-order valence-electron chi connectivity index (χ3n) is 4.93. The Morgan fingerprint density at radius 2 is 1.64 bits per heavy atom. The molecule has 1 heterocycles. The third-order valence-corrected chi connectivity index (χ3v) is 4.93. The van der Waals surface area contributed by atoms with Crippen molar-refractivity contribution in [3.8, 4) is 0 Å². The smallest absolute Gasteiger partial charge is 0.242 e. The highest BCUT2D eigenvalue weighted by molar-refractivity contribution is 5.86. The summed E-state index contributed by atoms with van der Waals surface area (Å²) in [6, 6.07) is 0.142. The van der Waals surface area contributed by atoms with E-state index in [0.29, 0.717) is 32.7 Å². The Hall–Kier alpha value is -1.63. The van der Waals surface area contributed by atoms with Gasteiger partial charge in [0.1, 0.15) is 0 Å². The molecule has 0 bridgehead atoms. The van der Waals surface area contributed by atoms with Gasteiger partial charge < -0.3 is 15.5 Å². The van der Waals surface area contributed by atoms with Crippen LogP contribution in [0.4, 0.5) is 0 Å². The standard InChI is InChI=1S/C18H32N4O3/c1-14(2)20-16(23)13-21-8-10-22(11-9-21)17(24)12-19-18(25)15-6-4-3-5-7-15/h14-15H,3-13H2,1-2H3,(H,19,25)(H,20,23). The molecule has 142 valence electrons. The number of hydrogen-bond donors (Lipinski definition) is 2. The maximum absolute atomic E-state index is 12.3. The summed E-state index contributed by atoms with van der Waals surface area (Å²) in [4.78, 5) is 40.0. The summed E-state index contributed by atoms with van der Waals surface area (Å²) >= 11 is 0. The van der Waals surface area contributed by atoms with E-state index in [1.807, 2.05) is 13.8 Å². The second-order valence-electron chi connectivity index (χ2n) is 7.43. The normalized spacial score (nSPS) is 19.7. The van der Waals surface area contributed by atoms with Gasteiger partial charge in [-0.2, -0.15) is 0 Å². The molecule has 2 fully saturated rings. The van der Waals surface area contributed by atoms with Gasteiger partial charge >= 0.3 is 0 Å². The molecule has 25 heavy (non-hydrogen) atoms. The van der Waals surface area contributed by atoms with Crippen molar-refractivity contribution in [3.05, 3.63) is 0 Å². The fourth-order valence-electron chi connectivity index (χ4n) is 3.51. The van der Waals surface area contributed by atoms with Crippen molar-refractivity contribution < 1.29 is 14.4 Å². The minimum Gasteiger partial charge on any atom is -0.353 e. The van der Waals surface area contributed by atoms with Crippen LogP contribution in [0.1, 0.15) is 46.0 Å². The van der Waals surface area contributed by atoms with E-state index in [0.717, 1.165) is 25.7 Å². The monoisotopic (exact) mass is 352 g/mol. The first-order valence-corrected chi connectivity index (χ1v) is 9.53. The van der Waals surface area contributed by atoms with E-state index in [2.05, 4.69) is 15.5 Å². The lowest BCUT2D eigenvalue weighted by molar-refractivity contribution is -0.135. The van der Waals surface area contributed by atoms with E-state index in [4.69, 9.17) is 0 Å². The minimum absolute atomic E-state index is 0.0227. The Balaban J connectivity index is 1.65. The molecule has 2 rings (SSSR count). The van der Waals surface area contributed by atoms with Crippen molar-refractivity contribution in [1.82, 2.24) is 20.4 Å². The topological polar surface area (TPSA) is 81.8 Å². The predicted molar refractivity (Wildman–Crippen MR) is 95.9 cm³/mol. The second-order valence-corrected chi connectivity index (χ2v) is 7.43. The number of carbonyl (C=O) groups is 3. The molecule has 0 spiro atoms. The van der Waals surface area contributed by atoms with Crippen LogP contribution in [0.25, 0.3) is 0 Å². The largest absolute Gasteiger partial charge is 0.353 e. The van der Waals surface area contributed by atoms with Gasteiger partial charge in [-0.25, -0.2) is 0 Å². The molecule has 3 amide bonds. The maximum Gasteiger partial charge on any atom is 0.242 e. The van der Waals surface area contributed by atoms with E-state index in [1.54, 1.807) is 4.90 Å². The maximum atomic E-state index is 12.3. The van der Waals surface area contributed by atoms with Crippen molar-refractivity contribution in [3.63, 3.8) is 0 Å². The van der Waals surface area contributed by atoms with Crippen LogP contribution >= 0.6 is 0 Å². The third kappa shape index (κ3) is 6.65. The molecule has 2 N–H and O–H groups in total. The highest BCUT2D eigenvalue weighted by Gasteiger charge is 2.25. The van der Waals surface area contributed by atoms with Gasteiger partial charge in [0.05, 0.1) is 13.1 Å². The molecular formula is C18H32N4O3. The summed E-state index contributed by atoms with van der Waals surface area (Å²) in [6.45, 7) is 6.93. The second kappa shape index (κ2) is 9.75. The lowest BCUT2D eigenvalue weighted by atomic mass is 9.89.